The lowest BCUT2D eigenvalue weighted by Gasteiger charge is -2.15. The molecule has 0 saturated heterocycles. The first-order chi connectivity index (χ1) is 19.3. The van der Waals surface area contributed by atoms with Crippen LogP contribution >= 0.6 is 0 Å². The van der Waals surface area contributed by atoms with Crippen LogP contribution in [0.1, 0.15) is 0 Å². The number of hydrogen-bond donors (Lipinski definition) is 0. The van der Waals surface area contributed by atoms with Crippen molar-refractivity contribution in [2.75, 3.05) is 0 Å². The summed E-state index contributed by atoms with van der Waals surface area (Å²) in [5.41, 5.74) is 7.69. The molecule has 0 aliphatic heterocycles. The first-order valence-electron chi connectivity index (χ1n) is 13.3. The maximum atomic E-state index is 5.16. The van der Waals surface area contributed by atoms with E-state index >= 15 is 0 Å². The van der Waals surface area contributed by atoms with Crippen LogP contribution in [0.15, 0.2) is 146 Å². The van der Waals surface area contributed by atoms with Gasteiger partial charge in [-0.15, -0.1) is 0 Å². The molecule has 8 aromatic rings. The Kier molecular flexibility index (Phi) is 4.86. The molecule has 39 heavy (non-hydrogen) atoms. The Morgan fingerprint density at radius 2 is 0.821 bits per heavy atom. The summed E-state index contributed by atoms with van der Waals surface area (Å²) in [6.07, 6.45) is 0. The molecule has 182 valence electrons. The molecule has 0 aliphatic carbocycles. The van der Waals surface area contributed by atoms with Crippen LogP contribution in [0.5, 0.6) is 0 Å². The highest BCUT2D eigenvalue weighted by Gasteiger charge is 2.19. The molecule has 0 spiro atoms. The van der Waals surface area contributed by atoms with Gasteiger partial charge in [0.15, 0.2) is 0 Å². The van der Waals surface area contributed by atoms with Crippen LogP contribution in [0, 0.1) is 0 Å². The van der Waals surface area contributed by atoms with Crippen molar-refractivity contribution < 1.29 is 0 Å². The number of rotatable bonds is 3. The van der Waals surface area contributed by atoms with Crippen molar-refractivity contribution in [3.63, 3.8) is 0 Å². The molecule has 0 N–H and O–H groups in total. The monoisotopic (exact) mass is 496 g/mol. The minimum absolute atomic E-state index is 0.961. The molecule has 2 heterocycles. The second kappa shape index (κ2) is 8.68. The third-order valence-corrected chi connectivity index (χ3v) is 7.75. The molecule has 2 nitrogen and oxygen atoms in total. The summed E-state index contributed by atoms with van der Waals surface area (Å²) in [6, 6.07) is 51.9. The van der Waals surface area contributed by atoms with Crippen molar-refractivity contribution in [2.24, 2.45) is 0 Å². The van der Waals surface area contributed by atoms with E-state index in [0.29, 0.717) is 0 Å². The maximum absolute atomic E-state index is 5.16. The van der Waals surface area contributed by atoms with Crippen LogP contribution in [0.2, 0.25) is 0 Å². The zero-order chi connectivity index (χ0) is 25.8. The molecule has 0 atom stereocenters. The lowest BCUT2D eigenvalue weighted by molar-refractivity contribution is 1.17. The van der Waals surface area contributed by atoms with Gasteiger partial charge in [-0.3, -0.25) is 0 Å². The Hall–Kier alpha value is -5.21. The van der Waals surface area contributed by atoms with E-state index in [9.17, 15) is 0 Å². The number of hydrogen-bond acceptors (Lipinski definition) is 1. The smallest absolute Gasteiger partial charge is 0.0730 e. The predicted molar refractivity (Wildman–Crippen MR) is 164 cm³/mol. The van der Waals surface area contributed by atoms with E-state index in [2.05, 4.69) is 150 Å². The summed E-state index contributed by atoms with van der Waals surface area (Å²) < 4.78 is 2.47. The van der Waals surface area contributed by atoms with Gasteiger partial charge in [-0.2, -0.15) is 0 Å². The topological polar surface area (TPSA) is 17.8 Å². The highest BCUT2D eigenvalue weighted by Crippen LogP contribution is 2.40. The van der Waals surface area contributed by atoms with Gasteiger partial charge >= 0.3 is 0 Å². The Morgan fingerprint density at radius 1 is 0.385 bits per heavy atom. The number of benzene rings is 6. The molecule has 6 aromatic carbocycles. The number of nitrogens with zero attached hydrogens (tertiary/aromatic N) is 2. The van der Waals surface area contributed by atoms with Gasteiger partial charge in [-0.25, -0.2) is 4.98 Å². The summed E-state index contributed by atoms with van der Waals surface area (Å²) in [7, 11) is 0. The number of aromatic nitrogens is 2. The van der Waals surface area contributed by atoms with Gasteiger partial charge in [0.25, 0.3) is 0 Å². The molecule has 0 aliphatic rings. The molecule has 0 unspecified atom stereocenters. The Bertz CT molecular complexity index is 2010. The van der Waals surface area contributed by atoms with Crippen LogP contribution in [-0.4, -0.2) is 9.55 Å². The molecule has 0 saturated carbocycles. The molecule has 0 bridgehead atoms. The molecular formula is C37H24N2. The van der Waals surface area contributed by atoms with Crippen molar-refractivity contribution >= 4 is 43.4 Å². The van der Waals surface area contributed by atoms with Crippen LogP contribution < -0.4 is 0 Å². The van der Waals surface area contributed by atoms with Crippen molar-refractivity contribution in [3.05, 3.63) is 146 Å². The third kappa shape index (κ3) is 3.46. The Balaban J connectivity index is 1.58. The van der Waals surface area contributed by atoms with Gasteiger partial charge in [-0.05, 0) is 22.9 Å². The van der Waals surface area contributed by atoms with E-state index in [4.69, 9.17) is 4.98 Å². The molecule has 0 radical (unpaired) electrons. The minimum atomic E-state index is 0.961. The van der Waals surface area contributed by atoms with Gasteiger partial charge in [0.2, 0.25) is 0 Å². The van der Waals surface area contributed by atoms with Gasteiger partial charge in [0, 0.05) is 32.7 Å². The van der Waals surface area contributed by atoms with Crippen molar-refractivity contribution in [3.8, 4) is 28.2 Å². The fourth-order valence-corrected chi connectivity index (χ4v) is 5.96. The number of fused-ring (bicyclic) bond motifs is 7. The van der Waals surface area contributed by atoms with Gasteiger partial charge in [0.05, 0.1) is 28.1 Å². The summed E-state index contributed by atoms with van der Waals surface area (Å²) >= 11 is 0. The quantitative estimate of drug-likeness (QED) is 0.238. The average molecular weight is 497 g/mol. The second-order valence-corrected chi connectivity index (χ2v) is 10.0. The minimum Gasteiger partial charge on any atom is -0.308 e. The molecule has 0 amide bonds. The van der Waals surface area contributed by atoms with E-state index in [0.717, 1.165) is 28.2 Å². The van der Waals surface area contributed by atoms with E-state index in [1.165, 1.54) is 43.4 Å². The van der Waals surface area contributed by atoms with Gasteiger partial charge in [0.1, 0.15) is 0 Å². The molecule has 2 heteroatoms. The Morgan fingerprint density at radius 3 is 1.31 bits per heavy atom. The van der Waals surface area contributed by atoms with Crippen LogP contribution in [0.4, 0.5) is 0 Å². The zero-order valence-corrected chi connectivity index (χ0v) is 21.3. The van der Waals surface area contributed by atoms with Crippen LogP contribution in [-0.2, 0) is 0 Å². The second-order valence-electron chi connectivity index (χ2n) is 10.0. The summed E-state index contributed by atoms with van der Waals surface area (Å²) in [4.78, 5) is 5.16. The first kappa shape index (κ1) is 21.8. The number of pyridine rings is 1. The molecule has 8 rings (SSSR count). The van der Waals surface area contributed by atoms with Crippen molar-refractivity contribution in [1.29, 1.82) is 0 Å². The van der Waals surface area contributed by atoms with Crippen molar-refractivity contribution in [2.45, 2.75) is 0 Å². The van der Waals surface area contributed by atoms with E-state index in [1.807, 2.05) is 0 Å². The Labute approximate surface area is 226 Å². The molecule has 2 aromatic heterocycles. The third-order valence-electron chi connectivity index (χ3n) is 7.75. The fraction of sp³-hybridized carbons (Fsp3) is 0. The molecule has 0 fully saturated rings. The summed E-state index contributed by atoms with van der Waals surface area (Å²) in [6.45, 7) is 0. The van der Waals surface area contributed by atoms with Gasteiger partial charge in [-0.1, -0.05) is 133 Å². The van der Waals surface area contributed by atoms with Crippen molar-refractivity contribution in [1.82, 2.24) is 9.55 Å². The largest absolute Gasteiger partial charge is 0.308 e. The van der Waals surface area contributed by atoms with E-state index in [-0.39, 0.29) is 0 Å². The standard InChI is InChI=1S/C37H24N2/c1-3-13-27(14-4-1)34-23-29(24-35(38-34)28-15-5-2-6-16-28)39-36-30-17-9-7-11-25(30)19-21-32(36)33-22-20-26-12-8-10-18-31(26)37(33)39/h1-24H. The zero-order valence-electron chi connectivity index (χ0n) is 21.3. The highest BCUT2D eigenvalue weighted by atomic mass is 15.0. The highest BCUT2D eigenvalue weighted by molar-refractivity contribution is 6.23. The molecular weight excluding hydrogens is 472 g/mol. The maximum Gasteiger partial charge on any atom is 0.0730 e. The first-order valence-corrected chi connectivity index (χ1v) is 13.3. The average Bonchev–Trinajstić information content (AvgIpc) is 3.37. The van der Waals surface area contributed by atoms with Crippen LogP contribution in [0.3, 0.4) is 0 Å². The summed E-state index contributed by atoms with van der Waals surface area (Å²) in [5, 5.41) is 7.48. The van der Waals surface area contributed by atoms with Gasteiger partial charge < -0.3 is 4.57 Å². The predicted octanol–water partition coefficient (Wildman–Crippen LogP) is 9.82. The van der Waals surface area contributed by atoms with Crippen LogP contribution in [0.25, 0.3) is 71.6 Å². The lowest BCUT2D eigenvalue weighted by atomic mass is 10.0. The lowest BCUT2D eigenvalue weighted by Crippen LogP contribution is -1.99. The fourth-order valence-electron chi connectivity index (χ4n) is 5.96. The SMILES string of the molecule is c1ccc(-c2cc(-n3c4c5ccccc5ccc4c4ccc5ccccc5c43)cc(-c3ccccc3)n2)cc1. The van der Waals surface area contributed by atoms with E-state index in [1.54, 1.807) is 0 Å². The normalized spacial score (nSPS) is 11.6. The summed E-state index contributed by atoms with van der Waals surface area (Å²) in [5.74, 6) is 0. The van der Waals surface area contributed by atoms with E-state index < -0.39 is 0 Å².